The van der Waals surface area contributed by atoms with Gasteiger partial charge in [0.05, 0.1) is 31.1 Å². The molecule has 0 saturated heterocycles. The van der Waals surface area contributed by atoms with Crippen LogP contribution in [0.2, 0.25) is 5.02 Å². The molecular formula is C27H27ClN4O6. The third-order valence-corrected chi connectivity index (χ3v) is 5.48. The zero-order valence-corrected chi connectivity index (χ0v) is 21.6. The molecule has 3 rings (SSSR count). The van der Waals surface area contributed by atoms with Crippen LogP contribution in [0.5, 0.6) is 17.2 Å². The summed E-state index contributed by atoms with van der Waals surface area (Å²) in [6, 6.07) is 19.1. The van der Waals surface area contributed by atoms with E-state index < -0.39 is 17.7 Å². The Labute approximate surface area is 224 Å². The van der Waals surface area contributed by atoms with Crippen LogP contribution in [0.1, 0.15) is 11.1 Å². The van der Waals surface area contributed by atoms with E-state index in [-0.39, 0.29) is 13.2 Å². The fourth-order valence-corrected chi connectivity index (χ4v) is 3.44. The summed E-state index contributed by atoms with van der Waals surface area (Å²) in [5.41, 5.74) is 4.04. The Bertz CT molecular complexity index is 1310. The van der Waals surface area contributed by atoms with Crippen LogP contribution in [0, 0.1) is 0 Å². The molecule has 198 valence electrons. The normalized spacial score (nSPS) is 10.5. The van der Waals surface area contributed by atoms with Crippen LogP contribution in [-0.2, 0) is 20.8 Å². The van der Waals surface area contributed by atoms with Crippen molar-refractivity contribution in [2.45, 2.75) is 6.42 Å². The fourth-order valence-electron chi connectivity index (χ4n) is 3.26. The molecule has 10 nitrogen and oxygen atoms in total. The van der Waals surface area contributed by atoms with Crippen molar-refractivity contribution in [2.24, 2.45) is 5.10 Å². The number of hydrogen-bond acceptors (Lipinski definition) is 7. The predicted octanol–water partition coefficient (Wildman–Crippen LogP) is 3.18. The van der Waals surface area contributed by atoms with Crippen LogP contribution in [0.4, 0.5) is 5.69 Å². The third-order valence-electron chi connectivity index (χ3n) is 5.15. The van der Waals surface area contributed by atoms with Gasteiger partial charge >= 0.3 is 11.8 Å². The van der Waals surface area contributed by atoms with Gasteiger partial charge in [-0.15, -0.1) is 0 Å². The maximum absolute atomic E-state index is 12.2. The number of amides is 3. The molecule has 0 spiro atoms. The fraction of sp³-hybridized carbons (Fsp3) is 0.185. The highest BCUT2D eigenvalue weighted by Gasteiger charge is 2.13. The summed E-state index contributed by atoms with van der Waals surface area (Å²) in [6.07, 6.45) is 1.80. The van der Waals surface area contributed by atoms with Crippen molar-refractivity contribution in [1.82, 2.24) is 10.7 Å². The molecule has 0 atom stereocenters. The summed E-state index contributed by atoms with van der Waals surface area (Å²) in [6.45, 7) is -0.0384. The number of hydrazone groups is 1. The number of nitrogens with one attached hydrogen (secondary N) is 3. The molecule has 0 radical (unpaired) electrons. The molecule has 3 aromatic rings. The first-order valence-corrected chi connectivity index (χ1v) is 11.9. The smallest absolute Gasteiger partial charge is 0.329 e. The lowest BCUT2D eigenvalue weighted by Gasteiger charge is -2.10. The maximum atomic E-state index is 12.2. The van der Waals surface area contributed by atoms with E-state index in [9.17, 15) is 14.4 Å². The number of benzene rings is 3. The zero-order chi connectivity index (χ0) is 27.3. The van der Waals surface area contributed by atoms with E-state index >= 15 is 0 Å². The molecule has 0 aliphatic heterocycles. The average molecular weight is 539 g/mol. The lowest BCUT2D eigenvalue weighted by molar-refractivity contribution is -0.139. The SMILES string of the molecule is COc1ccc(CCNC(=O)C(=O)N/N=C\c2ccccc2OCC(=O)Nc2ccccc2Cl)cc1OC. The molecule has 0 aliphatic carbocycles. The first-order valence-electron chi connectivity index (χ1n) is 11.5. The van der Waals surface area contributed by atoms with E-state index in [4.69, 9.17) is 25.8 Å². The van der Waals surface area contributed by atoms with Crippen LogP contribution in [0.3, 0.4) is 0 Å². The highest BCUT2D eigenvalue weighted by Crippen LogP contribution is 2.27. The van der Waals surface area contributed by atoms with Crippen molar-refractivity contribution in [3.8, 4) is 17.2 Å². The molecule has 11 heteroatoms. The Hall–Kier alpha value is -4.57. The number of ether oxygens (including phenoxy) is 3. The van der Waals surface area contributed by atoms with Crippen LogP contribution < -0.4 is 30.3 Å². The number of methoxy groups -OCH3 is 2. The van der Waals surface area contributed by atoms with Crippen molar-refractivity contribution in [3.63, 3.8) is 0 Å². The summed E-state index contributed by atoms with van der Waals surface area (Å²) >= 11 is 6.05. The summed E-state index contributed by atoms with van der Waals surface area (Å²) < 4.78 is 16.0. The van der Waals surface area contributed by atoms with E-state index in [0.717, 1.165) is 5.56 Å². The minimum absolute atomic E-state index is 0.235. The highest BCUT2D eigenvalue weighted by atomic mass is 35.5. The second kappa shape index (κ2) is 14.2. The number of carbonyl (C=O) groups excluding carboxylic acids is 3. The lowest BCUT2D eigenvalue weighted by atomic mass is 10.1. The van der Waals surface area contributed by atoms with Crippen LogP contribution in [0.25, 0.3) is 0 Å². The predicted molar refractivity (Wildman–Crippen MR) is 144 cm³/mol. The van der Waals surface area contributed by atoms with Gasteiger partial charge in [-0.05, 0) is 48.4 Å². The standard InChI is InChI=1S/C27H27ClN4O6/c1-36-23-12-11-18(15-24(23)37-2)13-14-29-26(34)27(35)32-30-16-19-7-3-6-10-22(19)38-17-25(33)31-21-9-5-4-8-20(21)28/h3-12,15-16H,13-14,17H2,1-2H3,(H,29,34)(H,31,33)(H,32,35)/b30-16-. The number of carbonyl (C=O) groups is 3. The average Bonchev–Trinajstić information content (AvgIpc) is 2.93. The number of para-hydroxylation sites is 2. The Balaban J connectivity index is 1.46. The quantitative estimate of drug-likeness (QED) is 0.195. The molecule has 3 N–H and O–H groups in total. The van der Waals surface area contributed by atoms with Gasteiger partial charge in [-0.1, -0.05) is 41.9 Å². The van der Waals surface area contributed by atoms with Gasteiger partial charge in [-0.3, -0.25) is 14.4 Å². The molecule has 3 aromatic carbocycles. The van der Waals surface area contributed by atoms with Crippen molar-refractivity contribution in [2.75, 3.05) is 32.7 Å². The molecule has 0 fully saturated rings. The molecule has 0 aromatic heterocycles. The molecule has 0 unspecified atom stereocenters. The minimum Gasteiger partial charge on any atom is -0.493 e. The van der Waals surface area contributed by atoms with Gasteiger partial charge in [0, 0.05) is 12.1 Å². The van der Waals surface area contributed by atoms with Crippen LogP contribution in [0.15, 0.2) is 71.8 Å². The maximum Gasteiger partial charge on any atom is 0.329 e. The Morgan fingerprint density at radius 1 is 0.895 bits per heavy atom. The number of hydrogen-bond donors (Lipinski definition) is 3. The molecule has 0 bridgehead atoms. The number of nitrogens with zero attached hydrogens (tertiary/aromatic N) is 1. The zero-order valence-electron chi connectivity index (χ0n) is 20.8. The van der Waals surface area contributed by atoms with E-state index in [1.54, 1.807) is 67.8 Å². The number of halogens is 1. The van der Waals surface area contributed by atoms with Crippen molar-refractivity contribution >= 4 is 41.2 Å². The van der Waals surface area contributed by atoms with Crippen LogP contribution in [-0.4, -0.2) is 51.3 Å². The lowest BCUT2D eigenvalue weighted by Crippen LogP contribution is -2.38. The van der Waals surface area contributed by atoms with Gasteiger partial charge in [0.1, 0.15) is 5.75 Å². The monoisotopic (exact) mass is 538 g/mol. The van der Waals surface area contributed by atoms with Gasteiger partial charge in [0.15, 0.2) is 18.1 Å². The van der Waals surface area contributed by atoms with Crippen LogP contribution >= 0.6 is 11.6 Å². The molecule has 0 aliphatic rings. The van der Waals surface area contributed by atoms with Gasteiger partial charge in [0.2, 0.25) is 0 Å². The number of anilines is 1. The largest absolute Gasteiger partial charge is 0.493 e. The second-order valence-electron chi connectivity index (χ2n) is 7.75. The first-order chi connectivity index (χ1) is 18.4. The molecular weight excluding hydrogens is 512 g/mol. The molecule has 3 amide bonds. The van der Waals surface area contributed by atoms with Gasteiger partial charge in [-0.25, -0.2) is 5.43 Å². The third kappa shape index (κ3) is 8.24. The first kappa shape index (κ1) is 28.0. The summed E-state index contributed by atoms with van der Waals surface area (Å²) in [5.74, 6) is -0.615. The van der Waals surface area contributed by atoms with E-state index in [1.807, 2.05) is 6.07 Å². The van der Waals surface area contributed by atoms with Gasteiger partial charge < -0.3 is 24.8 Å². The van der Waals surface area contributed by atoms with Crippen molar-refractivity contribution in [3.05, 3.63) is 82.9 Å². The van der Waals surface area contributed by atoms with E-state index in [0.29, 0.717) is 39.9 Å². The Morgan fingerprint density at radius 3 is 2.39 bits per heavy atom. The molecule has 0 heterocycles. The minimum atomic E-state index is -0.925. The van der Waals surface area contributed by atoms with Crippen molar-refractivity contribution in [1.29, 1.82) is 0 Å². The number of rotatable bonds is 11. The van der Waals surface area contributed by atoms with Gasteiger partial charge in [-0.2, -0.15) is 5.10 Å². The summed E-state index contributed by atoms with van der Waals surface area (Å²) in [7, 11) is 3.09. The van der Waals surface area contributed by atoms with Crippen molar-refractivity contribution < 1.29 is 28.6 Å². The Kier molecular flexibility index (Phi) is 10.5. The summed E-state index contributed by atoms with van der Waals surface area (Å²) in [4.78, 5) is 36.4. The second-order valence-corrected chi connectivity index (χ2v) is 8.16. The Morgan fingerprint density at radius 2 is 1.63 bits per heavy atom. The highest BCUT2D eigenvalue weighted by molar-refractivity contribution is 6.35. The topological polar surface area (TPSA) is 127 Å². The van der Waals surface area contributed by atoms with E-state index in [1.165, 1.54) is 13.3 Å². The van der Waals surface area contributed by atoms with E-state index in [2.05, 4.69) is 21.2 Å². The summed E-state index contributed by atoms with van der Waals surface area (Å²) in [5, 5.41) is 9.44. The molecule has 0 saturated carbocycles. The van der Waals surface area contributed by atoms with Gasteiger partial charge in [0.25, 0.3) is 5.91 Å². The molecule has 38 heavy (non-hydrogen) atoms.